The van der Waals surface area contributed by atoms with Crippen LogP contribution in [0.4, 0.5) is 34.9 Å². The molecular weight excluding hydrogens is 1030 g/mol. The molecule has 24 heteroatoms. The van der Waals surface area contributed by atoms with Crippen LogP contribution in [0.2, 0.25) is 0 Å². The second-order valence-electron chi connectivity index (χ2n) is 15.5. The summed E-state index contributed by atoms with van der Waals surface area (Å²) in [6.07, 6.45) is 3.79. The summed E-state index contributed by atoms with van der Waals surface area (Å²) in [5, 5.41) is 59.1. The van der Waals surface area contributed by atoms with Gasteiger partial charge in [0.25, 0.3) is 5.69 Å². The Morgan fingerprint density at radius 2 is 1.00 bits per heavy atom. The summed E-state index contributed by atoms with van der Waals surface area (Å²) in [5.41, 5.74) is 40.2. The predicted octanol–water partition coefficient (Wildman–Crippen LogP) is 7.17. The van der Waals surface area contributed by atoms with E-state index in [0.717, 1.165) is 69.4 Å². The summed E-state index contributed by atoms with van der Waals surface area (Å²) in [7, 11) is 1.78. The Balaban J connectivity index is 0.000000188. The molecular formula is C46H50Br2N18O4. The highest BCUT2D eigenvalue weighted by molar-refractivity contribution is 9.10. The molecule has 0 radical (unpaired) electrons. The summed E-state index contributed by atoms with van der Waals surface area (Å²) in [6.45, 7) is 15.6. The van der Waals surface area contributed by atoms with Crippen LogP contribution in [0.25, 0.3) is 44.1 Å². The van der Waals surface area contributed by atoms with Crippen molar-refractivity contribution in [1.82, 2.24) is 40.3 Å². The molecule has 9 rings (SSSR count). The van der Waals surface area contributed by atoms with E-state index in [2.05, 4.69) is 95.4 Å². The van der Waals surface area contributed by atoms with Gasteiger partial charge in [0, 0.05) is 34.2 Å². The molecule has 4 aromatic heterocycles. The number of rotatable bonds is 2. The number of hydrogen-bond acceptors (Lipinski definition) is 19. The SMILES string of the molecule is CNc1nnc2cc(C)cc(C)c2n1.Cc1cc(Br)cc([N+](=O)[O-])c1N.Cc1cc(Br)cc2c1nc(N)c[n+]2[O-].Cc1cc(C)c2nc(N)c[n+]([O-])c2c1.Cc1cc(C)c2nc(N)nnc2c1.N#CN. The zero-order valence-electron chi connectivity index (χ0n) is 39.6. The van der Waals surface area contributed by atoms with Crippen LogP contribution in [-0.2, 0) is 0 Å². The van der Waals surface area contributed by atoms with Gasteiger partial charge in [0.2, 0.25) is 35.3 Å². The summed E-state index contributed by atoms with van der Waals surface area (Å²) >= 11 is 6.48. The predicted molar refractivity (Wildman–Crippen MR) is 279 cm³/mol. The molecule has 0 amide bonds. The molecule has 0 atom stereocenters. The van der Waals surface area contributed by atoms with Gasteiger partial charge in [-0.2, -0.15) is 14.7 Å². The fourth-order valence-electron chi connectivity index (χ4n) is 6.76. The first-order chi connectivity index (χ1) is 33.0. The molecule has 0 spiro atoms. The van der Waals surface area contributed by atoms with Crippen LogP contribution in [0.5, 0.6) is 0 Å². The lowest BCUT2D eigenvalue weighted by Crippen LogP contribution is -2.28. The first kappa shape index (κ1) is 54.2. The Kier molecular flexibility index (Phi) is 18.6. The normalized spacial score (nSPS) is 10.1. The van der Waals surface area contributed by atoms with Gasteiger partial charge in [-0.25, -0.2) is 19.9 Å². The lowest BCUT2D eigenvalue weighted by atomic mass is 10.1. The van der Waals surface area contributed by atoms with E-state index in [9.17, 15) is 20.5 Å². The van der Waals surface area contributed by atoms with Crippen LogP contribution >= 0.6 is 31.9 Å². The van der Waals surface area contributed by atoms with Crippen molar-refractivity contribution in [2.75, 3.05) is 35.3 Å². The summed E-state index contributed by atoms with van der Waals surface area (Å²) in [6, 6.07) is 18.6. The maximum absolute atomic E-state index is 11.5. The smallest absolute Gasteiger partial charge is 0.293 e. The van der Waals surface area contributed by atoms with Crippen molar-refractivity contribution < 1.29 is 14.4 Å². The third-order valence-corrected chi connectivity index (χ3v) is 10.6. The highest BCUT2D eigenvalue weighted by Gasteiger charge is 2.14. The minimum atomic E-state index is -0.493. The minimum Gasteiger partial charge on any atom is -0.618 e. The molecule has 9 aromatic rings. The third kappa shape index (κ3) is 14.3. The number of aromatic nitrogens is 10. The largest absolute Gasteiger partial charge is 0.618 e. The number of nitrogens with zero attached hydrogens (tertiary/aromatic N) is 12. The molecule has 0 saturated carbocycles. The Labute approximate surface area is 418 Å². The number of nitro benzene ring substituents is 1. The van der Waals surface area contributed by atoms with E-state index < -0.39 is 4.92 Å². The lowest BCUT2D eigenvalue weighted by Gasteiger charge is -2.05. The number of fused-ring (bicyclic) bond motifs is 4. The van der Waals surface area contributed by atoms with Crippen molar-refractivity contribution in [3.8, 4) is 6.19 Å². The molecule has 362 valence electrons. The van der Waals surface area contributed by atoms with E-state index in [1.54, 1.807) is 26.1 Å². The van der Waals surface area contributed by atoms with Gasteiger partial charge in [0.05, 0.1) is 16.0 Å². The fraction of sp³-hybridized carbons (Fsp3) is 0.196. The first-order valence-electron chi connectivity index (χ1n) is 20.6. The molecule has 0 unspecified atom stereocenters. The van der Waals surface area contributed by atoms with Gasteiger partial charge in [0.15, 0.2) is 17.8 Å². The van der Waals surface area contributed by atoms with Gasteiger partial charge < -0.3 is 44.4 Å². The van der Waals surface area contributed by atoms with Crippen LogP contribution in [0.15, 0.2) is 82.0 Å². The quantitative estimate of drug-likeness (QED) is 0.0190. The zero-order chi connectivity index (χ0) is 52.1. The van der Waals surface area contributed by atoms with Gasteiger partial charge in [0.1, 0.15) is 27.8 Å². The number of nitrogen functional groups attached to an aromatic ring is 4. The van der Waals surface area contributed by atoms with Crippen molar-refractivity contribution in [3.63, 3.8) is 0 Å². The Hall–Kier alpha value is -8.43. The third-order valence-electron chi connectivity index (χ3n) is 9.68. The number of nitro groups is 1. The number of nitrogens with two attached hydrogens (primary N) is 5. The Morgan fingerprint density at radius 1 is 0.586 bits per heavy atom. The standard InChI is InChI=1S/C10H12N4.C10H11N3O.C9H8BrN3O.C9H10N4.C7H7BrN2O2.CH2N2/c1-6-4-7(2)9-8(5-6)13-14-10(11-3)12-9;1-6-3-7(2)10-8(4-6)13(14)5-9(11)12-10;1-5-2-6(10)3-7-9(5)12-8(11)4-13(7)14;1-5-3-6(2)8-7(4-5)12-13-9(10)11-8;1-4-2-5(8)3-6(7(4)9)10(11)12;2-1-3/h4-5H,1-3H3,(H,11,12,14);3-5H,1-2H3,(H2,11,12);2-4H,1H3,(H2,11,12);3-4H,1-2H3,(H2,10,11,13);2-3H,9H2,1H3;2H2. The molecule has 5 aromatic carbocycles. The zero-order valence-corrected chi connectivity index (χ0v) is 42.7. The van der Waals surface area contributed by atoms with Gasteiger partial charge in [-0.3, -0.25) is 10.1 Å². The Morgan fingerprint density at radius 3 is 1.50 bits per heavy atom. The topological polar surface area (TPSA) is 366 Å². The van der Waals surface area contributed by atoms with E-state index in [4.69, 9.17) is 28.2 Å². The van der Waals surface area contributed by atoms with Crippen molar-refractivity contribution in [2.45, 2.75) is 55.4 Å². The maximum Gasteiger partial charge on any atom is 0.293 e. The number of nitrogens with one attached hydrogen (secondary N) is 1. The number of benzene rings is 5. The lowest BCUT2D eigenvalue weighted by molar-refractivity contribution is -0.576. The van der Waals surface area contributed by atoms with Crippen molar-refractivity contribution in [2.24, 2.45) is 5.73 Å². The molecule has 11 N–H and O–H groups in total. The number of anilines is 5. The van der Waals surface area contributed by atoms with Gasteiger partial charge in [-0.15, -0.1) is 20.4 Å². The van der Waals surface area contributed by atoms with Gasteiger partial charge in [-0.1, -0.05) is 50.1 Å². The second kappa shape index (κ2) is 24.0. The number of aryl methyl sites for hydroxylation is 8. The van der Waals surface area contributed by atoms with Crippen LogP contribution < -0.4 is 43.4 Å². The van der Waals surface area contributed by atoms with Crippen LogP contribution in [0, 0.1) is 87.4 Å². The second-order valence-corrected chi connectivity index (χ2v) is 17.4. The summed E-state index contributed by atoms with van der Waals surface area (Å²) in [5.74, 6) is 1.27. The summed E-state index contributed by atoms with van der Waals surface area (Å²) < 4.78 is 3.02. The fourth-order valence-corrected chi connectivity index (χ4v) is 7.88. The highest BCUT2D eigenvalue weighted by atomic mass is 79.9. The van der Waals surface area contributed by atoms with Crippen LogP contribution in [-0.4, -0.2) is 52.3 Å². The minimum absolute atomic E-state index is 0.0538. The number of halogens is 2. The Bertz CT molecular complexity index is 3240. The molecule has 0 saturated heterocycles. The molecule has 0 aliphatic carbocycles. The van der Waals surface area contributed by atoms with Gasteiger partial charge in [-0.05, 0) is 124 Å². The average molecular weight is 1080 g/mol. The van der Waals surface area contributed by atoms with Gasteiger partial charge >= 0.3 is 0 Å². The van der Waals surface area contributed by atoms with Crippen molar-refractivity contribution in [1.29, 1.82) is 5.26 Å². The van der Waals surface area contributed by atoms with Crippen molar-refractivity contribution in [3.05, 3.63) is 147 Å². The van der Waals surface area contributed by atoms with Crippen LogP contribution in [0.1, 0.15) is 44.5 Å². The van der Waals surface area contributed by atoms with E-state index in [-0.39, 0.29) is 29.0 Å². The van der Waals surface area contributed by atoms with E-state index in [1.807, 2.05) is 78.8 Å². The van der Waals surface area contributed by atoms with E-state index in [0.29, 0.717) is 38.1 Å². The van der Waals surface area contributed by atoms with Crippen LogP contribution in [0.3, 0.4) is 0 Å². The highest BCUT2D eigenvalue weighted by Crippen LogP contribution is 2.29. The number of nitriles is 1. The van der Waals surface area contributed by atoms with E-state index >= 15 is 0 Å². The number of hydrogen-bond donors (Lipinski definition) is 6. The molecule has 22 nitrogen and oxygen atoms in total. The average Bonchev–Trinajstić information content (AvgIpc) is 3.27. The first-order valence-corrected chi connectivity index (χ1v) is 22.2. The summed E-state index contributed by atoms with van der Waals surface area (Å²) in [4.78, 5) is 26.7. The molecule has 0 aliphatic heterocycles. The van der Waals surface area contributed by atoms with Crippen molar-refractivity contribution >= 4 is 111 Å². The molecule has 70 heavy (non-hydrogen) atoms. The maximum atomic E-state index is 11.5. The molecule has 0 fully saturated rings. The molecule has 0 bridgehead atoms. The van der Waals surface area contributed by atoms with E-state index in [1.165, 1.54) is 30.2 Å². The molecule has 0 aliphatic rings. The molecule has 4 heterocycles. The monoisotopic (exact) mass is 1080 g/mol.